The topological polar surface area (TPSA) is 56.3 Å². The second kappa shape index (κ2) is 11.4. The molecule has 1 aromatic rings. The zero-order valence-electron chi connectivity index (χ0n) is 20.4. The molecule has 0 aromatic carbocycles. The highest BCUT2D eigenvalue weighted by molar-refractivity contribution is 7.09. The fraction of sp³-hybridized carbons (Fsp3) is 0.731. The van der Waals surface area contributed by atoms with Gasteiger partial charge in [-0.05, 0) is 64.0 Å². The van der Waals surface area contributed by atoms with Crippen LogP contribution in [0.3, 0.4) is 0 Å². The molecular weight excluding hydrogens is 406 g/mol. The number of ketones is 1. The van der Waals surface area contributed by atoms with E-state index < -0.39 is 10.8 Å². The summed E-state index contributed by atoms with van der Waals surface area (Å²) in [6, 6.07) is 0. The Bertz CT molecular complexity index is 775. The third-order valence-electron chi connectivity index (χ3n) is 7.03. The summed E-state index contributed by atoms with van der Waals surface area (Å²) in [6.45, 7) is 11.9. The van der Waals surface area contributed by atoms with Gasteiger partial charge in [-0.25, -0.2) is 4.98 Å². The van der Waals surface area contributed by atoms with Crippen LogP contribution in [0.5, 0.6) is 0 Å². The van der Waals surface area contributed by atoms with Crippen LogP contribution in [0, 0.1) is 17.8 Å². The molecule has 4 nitrogen and oxygen atoms in total. The van der Waals surface area contributed by atoms with Crippen LogP contribution >= 0.6 is 11.3 Å². The first kappa shape index (κ1) is 25.8. The number of rotatable bonds is 2. The highest BCUT2D eigenvalue weighted by Crippen LogP contribution is 2.43. The van der Waals surface area contributed by atoms with E-state index in [1.807, 2.05) is 53.0 Å². The fourth-order valence-corrected chi connectivity index (χ4v) is 4.61. The van der Waals surface area contributed by atoms with E-state index in [0.29, 0.717) is 12.8 Å². The van der Waals surface area contributed by atoms with E-state index in [4.69, 9.17) is 4.74 Å². The second-order valence-electron chi connectivity index (χ2n) is 10.3. The lowest BCUT2D eigenvalue weighted by molar-refractivity contribution is -0.166. The van der Waals surface area contributed by atoms with Gasteiger partial charge in [-0.3, -0.25) is 9.59 Å². The Balaban J connectivity index is 2.24. The normalized spacial score (nSPS) is 24.6. The third kappa shape index (κ3) is 7.55. The molecule has 1 saturated heterocycles. The number of esters is 1. The average Bonchev–Trinajstić information content (AvgIpc) is 3.08. The van der Waals surface area contributed by atoms with Gasteiger partial charge in [0.1, 0.15) is 11.9 Å². The van der Waals surface area contributed by atoms with Gasteiger partial charge in [-0.15, -0.1) is 11.3 Å². The van der Waals surface area contributed by atoms with Gasteiger partial charge in [0, 0.05) is 18.2 Å². The zero-order chi connectivity index (χ0) is 23.1. The summed E-state index contributed by atoms with van der Waals surface area (Å²) in [6.07, 6.45) is 11.5. The Morgan fingerprint density at radius 2 is 1.68 bits per heavy atom. The quantitative estimate of drug-likeness (QED) is 0.446. The summed E-state index contributed by atoms with van der Waals surface area (Å²) in [4.78, 5) is 30.5. The Kier molecular flexibility index (Phi) is 9.47. The number of Topliss-reactive ketones (excluding diaryl/α,β-unsaturated/α-hetero) is 1. The van der Waals surface area contributed by atoms with Crippen molar-refractivity contribution in [2.75, 3.05) is 0 Å². The Labute approximate surface area is 192 Å². The molecule has 174 valence electrons. The molecule has 2 heterocycles. The monoisotopic (exact) mass is 447 g/mol. The highest BCUT2D eigenvalue weighted by atomic mass is 32.1. The van der Waals surface area contributed by atoms with Crippen molar-refractivity contribution in [1.82, 2.24) is 4.98 Å². The standard InChI is InChI=1S/C26H41NO3S/c1-19(16-21-18-31-20(2)27-21)23-15-13-11-9-7-8-10-12-14-22(28)17-25(3,4)26(5,6)24(29)30-23/h16,18,23H,7-15,17H2,1-6H3/b19-16+. The first-order chi connectivity index (χ1) is 14.5. The van der Waals surface area contributed by atoms with Gasteiger partial charge in [0.05, 0.1) is 16.1 Å². The number of nitrogens with zero attached hydrogens (tertiary/aromatic N) is 1. The number of cyclic esters (lactones) is 1. The minimum Gasteiger partial charge on any atom is -0.457 e. The van der Waals surface area contributed by atoms with E-state index in [2.05, 4.69) is 4.98 Å². The number of carbonyl (C=O) groups excluding carboxylic acids is 2. The second-order valence-corrected chi connectivity index (χ2v) is 11.4. The first-order valence-electron chi connectivity index (χ1n) is 11.9. The van der Waals surface area contributed by atoms with Crippen LogP contribution in [0.25, 0.3) is 6.08 Å². The number of thiazole rings is 1. The van der Waals surface area contributed by atoms with Crippen molar-refractivity contribution < 1.29 is 14.3 Å². The molecule has 1 aliphatic heterocycles. The van der Waals surface area contributed by atoms with Gasteiger partial charge in [0.25, 0.3) is 0 Å². The minimum atomic E-state index is -0.754. The van der Waals surface area contributed by atoms with Crippen LogP contribution in [-0.2, 0) is 14.3 Å². The Hall–Kier alpha value is -1.49. The predicted octanol–water partition coefficient (Wildman–Crippen LogP) is 7.30. The lowest BCUT2D eigenvalue weighted by atomic mass is 9.65. The highest BCUT2D eigenvalue weighted by Gasteiger charge is 2.46. The van der Waals surface area contributed by atoms with Gasteiger partial charge in [0.15, 0.2) is 0 Å². The van der Waals surface area contributed by atoms with E-state index in [1.54, 1.807) is 11.3 Å². The molecule has 0 bridgehead atoms. The average molecular weight is 448 g/mol. The Morgan fingerprint density at radius 1 is 1.06 bits per heavy atom. The number of hydrogen-bond acceptors (Lipinski definition) is 5. The summed E-state index contributed by atoms with van der Waals surface area (Å²) in [7, 11) is 0. The van der Waals surface area contributed by atoms with Crippen molar-refractivity contribution in [3.05, 3.63) is 21.7 Å². The van der Waals surface area contributed by atoms with Gasteiger partial charge < -0.3 is 4.74 Å². The van der Waals surface area contributed by atoms with Crippen molar-refractivity contribution in [2.24, 2.45) is 10.8 Å². The van der Waals surface area contributed by atoms with E-state index in [0.717, 1.165) is 48.4 Å². The van der Waals surface area contributed by atoms with Crippen molar-refractivity contribution in [3.63, 3.8) is 0 Å². The van der Waals surface area contributed by atoms with E-state index in [-0.39, 0.29) is 17.9 Å². The zero-order valence-corrected chi connectivity index (χ0v) is 21.2. The molecule has 1 atom stereocenters. The molecule has 1 fully saturated rings. The molecule has 0 aliphatic carbocycles. The summed E-state index contributed by atoms with van der Waals surface area (Å²) in [5.41, 5.74) is 0.736. The maximum Gasteiger partial charge on any atom is 0.312 e. The maximum atomic E-state index is 13.3. The van der Waals surface area contributed by atoms with Crippen LogP contribution in [0.15, 0.2) is 11.0 Å². The van der Waals surface area contributed by atoms with Crippen LogP contribution in [0.4, 0.5) is 0 Å². The lowest BCUT2D eigenvalue weighted by Gasteiger charge is -2.40. The van der Waals surface area contributed by atoms with Crippen LogP contribution in [0.1, 0.15) is 110 Å². The van der Waals surface area contributed by atoms with Crippen LogP contribution in [0.2, 0.25) is 0 Å². The van der Waals surface area contributed by atoms with E-state index in [9.17, 15) is 9.59 Å². The number of carbonyl (C=O) groups is 2. The summed E-state index contributed by atoms with van der Waals surface area (Å²) in [5.74, 6) is 0.0362. The van der Waals surface area contributed by atoms with Crippen LogP contribution < -0.4 is 0 Å². The third-order valence-corrected chi connectivity index (χ3v) is 7.82. The molecule has 0 N–H and O–H groups in total. The maximum absolute atomic E-state index is 13.3. The molecule has 2 rings (SSSR count). The lowest BCUT2D eigenvalue weighted by Crippen LogP contribution is -2.43. The molecular formula is C26H41NO3S. The van der Waals surface area contributed by atoms with Gasteiger partial charge in [-0.2, -0.15) is 0 Å². The van der Waals surface area contributed by atoms with Gasteiger partial charge in [-0.1, -0.05) is 46.0 Å². The van der Waals surface area contributed by atoms with Crippen molar-refractivity contribution in [2.45, 2.75) is 112 Å². The SMILES string of the molecule is C/C(=C\c1csc(C)n1)C1CCCCCCCCCC(=O)CC(C)(C)C(C)(C)C(=O)O1. The molecule has 0 amide bonds. The number of ether oxygens (including phenoxy) is 1. The smallest absolute Gasteiger partial charge is 0.312 e. The minimum absolute atomic E-state index is 0.218. The number of hydrogen-bond donors (Lipinski definition) is 0. The molecule has 0 saturated carbocycles. The molecule has 0 radical (unpaired) electrons. The first-order valence-corrected chi connectivity index (χ1v) is 12.7. The van der Waals surface area contributed by atoms with E-state index >= 15 is 0 Å². The summed E-state index contributed by atoms with van der Waals surface area (Å²) in [5, 5.41) is 3.07. The van der Waals surface area contributed by atoms with E-state index in [1.165, 1.54) is 19.3 Å². The molecule has 5 heteroatoms. The molecule has 31 heavy (non-hydrogen) atoms. The van der Waals surface area contributed by atoms with Gasteiger partial charge in [0.2, 0.25) is 0 Å². The molecule has 1 aliphatic rings. The summed E-state index contributed by atoms with van der Waals surface area (Å²) < 4.78 is 6.14. The molecule has 1 unspecified atom stereocenters. The van der Waals surface area contributed by atoms with Gasteiger partial charge >= 0.3 is 5.97 Å². The largest absolute Gasteiger partial charge is 0.457 e. The molecule has 0 spiro atoms. The number of aromatic nitrogens is 1. The Morgan fingerprint density at radius 3 is 2.29 bits per heavy atom. The van der Waals surface area contributed by atoms with Crippen molar-refractivity contribution >= 4 is 29.2 Å². The van der Waals surface area contributed by atoms with Crippen LogP contribution in [-0.4, -0.2) is 22.8 Å². The summed E-state index contributed by atoms with van der Waals surface area (Å²) >= 11 is 1.62. The molecule has 1 aromatic heterocycles. The predicted molar refractivity (Wildman–Crippen MR) is 129 cm³/mol. The fourth-order valence-electron chi connectivity index (χ4n) is 4.04. The van der Waals surface area contributed by atoms with Crippen molar-refractivity contribution in [1.29, 1.82) is 0 Å². The number of aryl methyl sites for hydroxylation is 1. The van der Waals surface area contributed by atoms with Crippen molar-refractivity contribution in [3.8, 4) is 0 Å².